The molecule has 0 unspecified atom stereocenters. The van der Waals surface area contributed by atoms with Crippen LogP contribution in [0.3, 0.4) is 0 Å². The maximum Gasteiger partial charge on any atom is 0.243 e. The monoisotopic (exact) mass is 269 g/mol. The quantitative estimate of drug-likeness (QED) is 0.882. The minimum atomic E-state index is -3.41. The van der Waals surface area contributed by atoms with Crippen molar-refractivity contribution in [2.24, 2.45) is 0 Å². The zero-order valence-corrected chi connectivity index (χ0v) is 11.6. The van der Waals surface area contributed by atoms with Crippen LogP contribution in [0.2, 0.25) is 0 Å². The van der Waals surface area contributed by atoms with Crippen molar-refractivity contribution in [2.45, 2.75) is 43.7 Å². The van der Waals surface area contributed by atoms with Crippen molar-refractivity contribution in [1.29, 1.82) is 0 Å². The second-order valence-corrected chi connectivity index (χ2v) is 6.69. The summed E-state index contributed by atoms with van der Waals surface area (Å²) in [7, 11) is -1.79. The van der Waals surface area contributed by atoms with E-state index in [1.165, 1.54) is 4.31 Å². The number of nitrogens with zero attached hydrogens (tertiary/aromatic N) is 1. The molecule has 100 valence electrons. The second kappa shape index (κ2) is 4.99. The molecule has 0 saturated heterocycles. The lowest BCUT2D eigenvalue weighted by Gasteiger charge is -2.17. The van der Waals surface area contributed by atoms with Gasteiger partial charge in [-0.05, 0) is 42.5 Å². The highest BCUT2D eigenvalue weighted by Gasteiger charge is 2.35. The summed E-state index contributed by atoms with van der Waals surface area (Å²) in [4.78, 5) is 0.276. The Labute approximate surface area is 108 Å². The third kappa shape index (κ3) is 2.43. The largest absolute Gasteiger partial charge is 0.392 e. The zero-order chi connectivity index (χ0) is 13.3. The third-order valence-corrected chi connectivity index (χ3v) is 5.37. The molecule has 1 aromatic carbocycles. The Morgan fingerprint density at radius 2 is 2.00 bits per heavy atom. The summed E-state index contributed by atoms with van der Waals surface area (Å²) in [6, 6.07) is 5.16. The smallest absolute Gasteiger partial charge is 0.243 e. The molecule has 0 heterocycles. The first kappa shape index (κ1) is 13.5. The fraction of sp³-hybridized carbons (Fsp3) is 0.538. The maximum atomic E-state index is 12.3. The van der Waals surface area contributed by atoms with Crippen LogP contribution < -0.4 is 0 Å². The Hall–Kier alpha value is -0.910. The molecule has 1 aliphatic carbocycles. The minimum absolute atomic E-state index is 0.125. The van der Waals surface area contributed by atoms with Crippen molar-refractivity contribution >= 4 is 10.0 Å². The van der Waals surface area contributed by atoms with Crippen molar-refractivity contribution in [3.05, 3.63) is 29.3 Å². The van der Waals surface area contributed by atoms with Gasteiger partial charge in [0.05, 0.1) is 11.5 Å². The number of sulfonamides is 1. The Morgan fingerprint density at radius 3 is 2.50 bits per heavy atom. The van der Waals surface area contributed by atoms with Crippen LogP contribution in [0.1, 0.15) is 30.9 Å². The van der Waals surface area contributed by atoms with E-state index >= 15 is 0 Å². The molecule has 5 heteroatoms. The van der Waals surface area contributed by atoms with Crippen LogP contribution in [0, 0.1) is 0 Å². The average molecular weight is 269 g/mol. The van der Waals surface area contributed by atoms with Crippen molar-refractivity contribution in [3.63, 3.8) is 0 Å². The van der Waals surface area contributed by atoms with Gasteiger partial charge in [-0.3, -0.25) is 0 Å². The molecule has 1 aliphatic rings. The number of hydrogen-bond acceptors (Lipinski definition) is 3. The molecule has 0 radical (unpaired) electrons. The molecule has 2 rings (SSSR count). The van der Waals surface area contributed by atoms with Crippen LogP contribution >= 0.6 is 0 Å². The van der Waals surface area contributed by atoms with Gasteiger partial charge in [-0.15, -0.1) is 0 Å². The van der Waals surface area contributed by atoms with Crippen LogP contribution in [-0.4, -0.2) is 30.9 Å². The zero-order valence-electron chi connectivity index (χ0n) is 10.8. The highest BCUT2D eigenvalue weighted by atomic mass is 32.2. The lowest BCUT2D eigenvalue weighted by atomic mass is 10.1. The topological polar surface area (TPSA) is 57.6 Å². The third-order valence-electron chi connectivity index (χ3n) is 3.47. The van der Waals surface area contributed by atoms with Gasteiger partial charge in [0.15, 0.2) is 0 Å². The van der Waals surface area contributed by atoms with Gasteiger partial charge in [0.25, 0.3) is 0 Å². The molecule has 4 nitrogen and oxygen atoms in total. The van der Waals surface area contributed by atoms with Crippen molar-refractivity contribution in [3.8, 4) is 0 Å². The number of rotatable bonds is 5. The molecular weight excluding hydrogens is 250 g/mol. The summed E-state index contributed by atoms with van der Waals surface area (Å²) < 4.78 is 26.1. The normalized spacial score (nSPS) is 16.2. The first-order valence-electron chi connectivity index (χ1n) is 6.21. The van der Waals surface area contributed by atoms with E-state index in [1.807, 2.05) is 6.92 Å². The number of aryl methyl sites for hydroxylation is 1. The van der Waals surface area contributed by atoms with Gasteiger partial charge in [0.2, 0.25) is 10.0 Å². The average Bonchev–Trinajstić information content (AvgIpc) is 3.21. The Bertz CT molecular complexity index is 535. The van der Waals surface area contributed by atoms with Crippen LogP contribution in [0.15, 0.2) is 23.1 Å². The SMILES string of the molecule is CCc1ccc(S(=O)(=O)N(C)C2CC2)cc1CO. The molecule has 18 heavy (non-hydrogen) atoms. The molecule has 0 bridgehead atoms. The number of aliphatic hydroxyl groups excluding tert-OH is 1. The maximum absolute atomic E-state index is 12.3. The number of aliphatic hydroxyl groups is 1. The van der Waals surface area contributed by atoms with Crippen LogP contribution in [0.25, 0.3) is 0 Å². The summed E-state index contributed by atoms with van der Waals surface area (Å²) in [5, 5.41) is 9.29. The van der Waals surface area contributed by atoms with Gasteiger partial charge < -0.3 is 5.11 Å². The Balaban J connectivity index is 2.38. The van der Waals surface area contributed by atoms with Crippen molar-refractivity contribution < 1.29 is 13.5 Å². The fourth-order valence-electron chi connectivity index (χ4n) is 2.06. The predicted octanol–water partition coefficient (Wildman–Crippen LogP) is 1.52. The fourth-order valence-corrected chi connectivity index (χ4v) is 3.52. The lowest BCUT2D eigenvalue weighted by molar-refractivity contribution is 0.280. The predicted molar refractivity (Wildman–Crippen MR) is 69.7 cm³/mol. The summed E-state index contributed by atoms with van der Waals surface area (Å²) in [5.74, 6) is 0. The summed E-state index contributed by atoms with van der Waals surface area (Å²) in [6.07, 6.45) is 2.67. The molecule has 1 N–H and O–H groups in total. The van der Waals surface area contributed by atoms with E-state index in [0.29, 0.717) is 5.56 Å². The standard InChI is InChI=1S/C13H19NO3S/c1-3-10-4-7-13(8-11(10)9-15)18(16,17)14(2)12-5-6-12/h4,7-8,12,15H,3,5-6,9H2,1-2H3. The summed E-state index contributed by atoms with van der Waals surface area (Å²) in [6.45, 7) is 1.86. The minimum Gasteiger partial charge on any atom is -0.392 e. The molecule has 1 saturated carbocycles. The van der Waals surface area contributed by atoms with Crippen LogP contribution in [-0.2, 0) is 23.1 Å². The lowest BCUT2D eigenvalue weighted by Crippen LogP contribution is -2.29. The van der Waals surface area contributed by atoms with Gasteiger partial charge in [0, 0.05) is 13.1 Å². The summed E-state index contributed by atoms with van der Waals surface area (Å²) in [5.41, 5.74) is 1.69. The van der Waals surface area contributed by atoms with Gasteiger partial charge >= 0.3 is 0 Å². The highest BCUT2D eigenvalue weighted by molar-refractivity contribution is 7.89. The Morgan fingerprint density at radius 1 is 1.33 bits per heavy atom. The molecule has 0 atom stereocenters. The van der Waals surface area contributed by atoms with E-state index in [1.54, 1.807) is 25.2 Å². The van der Waals surface area contributed by atoms with E-state index < -0.39 is 10.0 Å². The van der Waals surface area contributed by atoms with Gasteiger partial charge in [-0.2, -0.15) is 4.31 Å². The molecule has 1 aromatic rings. The summed E-state index contributed by atoms with van der Waals surface area (Å²) >= 11 is 0. The second-order valence-electron chi connectivity index (χ2n) is 4.69. The highest BCUT2D eigenvalue weighted by Crippen LogP contribution is 2.31. The van der Waals surface area contributed by atoms with Crippen molar-refractivity contribution in [2.75, 3.05) is 7.05 Å². The van der Waals surface area contributed by atoms with E-state index in [2.05, 4.69) is 0 Å². The van der Waals surface area contributed by atoms with Gasteiger partial charge in [-0.1, -0.05) is 13.0 Å². The van der Waals surface area contributed by atoms with Crippen LogP contribution in [0.5, 0.6) is 0 Å². The Kier molecular flexibility index (Phi) is 3.75. The first-order chi connectivity index (χ1) is 8.50. The van der Waals surface area contributed by atoms with Crippen LogP contribution in [0.4, 0.5) is 0 Å². The molecule has 0 aromatic heterocycles. The van der Waals surface area contributed by atoms with E-state index in [4.69, 9.17) is 0 Å². The van der Waals surface area contributed by atoms with Gasteiger partial charge in [-0.25, -0.2) is 8.42 Å². The molecule has 0 spiro atoms. The molecule has 0 amide bonds. The number of benzene rings is 1. The van der Waals surface area contributed by atoms with E-state index in [-0.39, 0.29) is 17.5 Å². The molecular formula is C13H19NO3S. The molecule has 0 aliphatic heterocycles. The van der Waals surface area contributed by atoms with E-state index in [0.717, 1.165) is 24.8 Å². The number of hydrogen-bond donors (Lipinski definition) is 1. The van der Waals surface area contributed by atoms with E-state index in [9.17, 15) is 13.5 Å². The molecule has 1 fully saturated rings. The first-order valence-corrected chi connectivity index (χ1v) is 7.65. The van der Waals surface area contributed by atoms with Gasteiger partial charge in [0.1, 0.15) is 0 Å². The van der Waals surface area contributed by atoms with Crippen molar-refractivity contribution in [1.82, 2.24) is 4.31 Å².